The average Bonchev–Trinajstić information content (AvgIpc) is 2.39. The van der Waals surface area contributed by atoms with E-state index < -0.39 is 5.97 Å². The van der Waals surface area contributed by atoms with Crippen LogP contribution in [-0.2, 0) is 4.74 Å². The topological polar surface area (TPSA) is 39.2 Å². The van der Waals surface area contributed by atoms with E-state index in [1.54, 1.807) is 24.3 Å². The molecule has 2 rings (SSSR count). The van der Waals surface area contributed by atoms with Crippen LogP contribution in [-0.4, -0.2) is 18.1 Å². The van der Waals surface area contributed by atoms with Crippen molar-refractivity contribution < 1.29 is 9.53 Å². The highest BCUT2D eigenvalue weighted by atomic mass is 35.5. The van der Waals surface area contributed by atoms with E-state index in [9.17, 15) is 4.79 Å². The summed E-state index contributed by atoms with van der Waals surface area (Å²) >= 11 is 11.7. The van der Waals surface area contributed by atoms with Gasteiger partial charge in [0.2, 0.25) is 0 Å². The maximum atomic E-state index is 11.5. The summed E-state index contributed by atoms with van der Waals surface area (Å²) in [6, 6.07) is 10.5. The molecule has 92 valence electrons. The number of carbonyl (C=O) groups excluding carboxylic acids is 1. The first-order valence-corrected chi connectivity index (χ1v) is 5.88. The zero-order chi connectivity index (χ0) is 13.1. The minimum atomic E-state index is -0.559. The van der Waals surface area contributed by atoms with E-state index in [1.807, 2.05) is 12.1 Å². The Morgan fingerprint density at radius 1 is 1.11 bits per heavy atom. The van der Waals surface area contributed by atoms with E-state index in [1.165, 1.54) is 7.11 Å². The fourth-order valence-corrected chi connectivity index (χ4v) is 1.77. The number of benzene rings is 1. The van der Waals surface area contributed by atoms with Crippen molar-refractivity contribution in [1.82, 2.24) is 4.98 Å². The van der Waals surface area contributed by atoms with Gasteiger partial charge in [-0.1, -0.05) is 35.3 Å². The average molecular weight is 282 g/mol. The van der Waals surface area contributed by atoms with Gasteiger partial charge in [0.1, 0.15) is 0 Å². The van der Waals surface area contributed by atoms with E-state index in [-0.39, 0.29) is 10.7 Å². The molecule has 0 unspecified atom stereocenters. The molecule has 0 radical (unpaired) electrons. The molecule has 1 heterocycles. The molecule has 3 nitrogen and oxygen atoms in total. The van der Waals surface area contributed by atoms with Crippen LogP contribution in [0.3, 0.4) is 0 Å². The smallest absolute Gasteiger partial charge is 0.358 e. The van der Waals surface area contributed by atoms with E-state index in [4.69, 9.17) is 23.2 Å². The third-order valence-corrected chi connectivity index (χ3v) is 2.92. The predicted octanol–water partition coefficient (Wildman–Crippen LogP) is 3.84. The highest BCUT2D eigenvalue weighted by Crippen LogP contribution is 2.23. The van der Waals surface area contributed by atoms with Crippen molar-refractivity contribution >= 4 is 29.2 Å². The van der Waals surface area contributed by atoms with Crippen molar-refractivity contribution in [2.45, 2.75) is 0 Å². The van der Waals surface area contributed by atoms with Crippen molar-refractivity contribution in [2.75, 3.05) is 7.11 Å². The highest BCUT2D eigenvalue weighted by Gasteiger charge is 2.13. The Balaban J connectivity index is 2.46. The molecule has 0 saturated heterocycles. The van der Waals surface area contributed by atoms with Gasteiger partial charge in [-0.15, -0.1) is 0 Å². The Hall–Kier alpha value is -1.58. The number of hydrogen-bond donors (Lipinski definition) is 0. The van der Waals surface area contributed by atoms with Crippen LogP contribution in [0.4, 0.5) is 0 Å². The molecule has 0 bridgehead atoms. The standard InChI is InChI=1S/C13H9Cl2NO2/c1-18-13(17)12-10(15)6-7-11(16-12)8-2-4-9(14)5-3-8/h2-7H,1H3. The number of ether oxygens (including phenoxy) is 1. The van der Waals surface area contributed by atoms with Crippen LogP contribution in [0.5, 0.6) is 0 Å². The van der Waals surface area contributed by atoms with Crippen LogP contribution < -0.4 is 0 Å². The van der Waals surface area contributed by atoms with Gasteiger partial charge in [-0.25, -0.2) is 9.78 Å². The quantitative estimate of drug-likeness (QED) is 0.785. The fraction of sp³-hybridized carbons (Fsp3) is 0.0769. The Morgan fingerprint density at radius 3 is 2.39 bits per heavy atom. The number of esters is 1. The van der Waals surface area contributed by atoms with Gasteiger partial charge < -0.3 is 4.74 Å². The molecular formula is C13H9Cl2NO2. The summed E-state index contributed by atoms with van der Waals surface area (Å²) in [7, 11) is 1.29. The van der Waals surface area contributed by atoms with Crippen LogP contribution in [0.2, 0.25) is 10.0 Å². The van der Waals surface area contributed by atoms with Gasteiger partial charge >= 0.3 is 5.97 Å². The lowest BCUT2D eigenvalue weighted by molar-refractivity contribution is 0.0594. The van der Waals surface area contributed by atoms with Gasteiger partial charge in [0.15, 0.2) is 5.69 Å². The third-order valence-electron chi connectivity index (χ3n) is 2.36. The molecular weight excluding hydrogens is 273 g/mol. The second kappa shape index (κ2) is 5.38. The van der Waals surface area contributed by atoms with Crippen LogP contribution >= 0.6 is 23.2 Å². The molecule has 0 aliphatic rings. The molecule has 0 spiro atoms. The van der Waals surface area contributed by atoms with Crippen molar-refractivity contribution in [3.8, 4) is 11.3 Å². The number of methoxy groups -OCH3 is 1. The Bertz CT molecular complexity index is 582. The van der Waals surface area contributed by atoms with Crippen molar-refractivity contribution in [1.29, 1.82) is 0 Å². The summed E-state index contributed by atoms with van der Waals surface area (Å²) in [6.07, 6.45) is 0. The number of rotatable bonds is 2. The minimum Gasteiger partial charge on any atom is -0.464 e. The van der Waals surface area contributed by atoms with E-state index in [0.29, 0.717) is 10.7 Å². The van der Waals surface area contributed by atoms with Crippen molar-refractivity contribution in [3.63, 3.8) is 0 Å². The second-order valence-electron chi connectivity index (χ2n) is 3.53. The van der Waals surface area contributed by atoms with E-state index in [0.717, 1.165) is 5.56 Å². The molecule has 0 aliphatic carbocycles. The summed E-state index contributed by atoms with van der Waals surface area (Å²) in [5.74, 6) is -0.559. The monoisotopic (exact) mass is 281 g/mol. The highest BCUT2D eigenvalue weighted by molar-refractivity contribution is 6.33. The molecule has 2 aromatic rings. The number of pyridine rings is 1. The summed E-state index contributed by atoms with van der Waals surface area (Å²) < 4.78 is 4.62. The molecule has 18 heavy (non-hydrogen) atoms. The number of hydrogen-bond acceptors (Lipinski definition) is 3. The molecule has 0 saturated carbocycles. The normalized spacial score (nSPS) is 10.2. The lowest BCUT2D eigenvalue weighted by atomic mass is 10.1. The van der Waals surface area contributed by atoms with Gasteiger partial charge in [0, 0.05) is 10.6 Å². The van der Waals surface area contributed by atoms with Gasteiger partial charge in [0.05, 0.1) is 17.8 Å². The van der Waals surface area contributed by atoms with Crippen LogP contribution in [0.15, 0.2) is 36.4 Å². The van der Waals surface area contributed by atoms with Gasteiger partial charge in [-0.05, 0) is 24.3 Å². The number of carbonyl (C=O) groups is 1. The first-order chi connectivity index (χ1) is 8.61. The Labute approximate surface area is 114 Å². The summed E-state index contributed by atoms with van der Waals surface area (Å²) in [4.78, 5) is 15.7. The first-order valence-electron chi connectivity index (χ1n) is 5.12. The number of aromatic nitrogens is 1. The second-order valence-corrected chi connectivity index (χ2v) is 4.37. The zero-order valence-corrected chi connectivity index (χ0v) is 11.0. The third kappa shape index (κ3) is 2.63. The van der Waals surface area contributed by atoms with Crippen LogP contribution in [0, 0.1) is 0 Å². The van der Waals surface area contributed by atoms with Crippen LogP contribution in [0.25, 0.3) is 11.3 Å². The van der Waals surface area contributed by atoms with Gasteiger partial charge in [0.25, 0.3) is 0 Å². The summed E-state index contributed by atoms with van der Waals surface area (Å²) in [5.41, 5.74) is 1.59. The maximum absolute atomic E-state index is 11.5. The largest absolute Gasteiger partial charge is 0.464 e. The lowest BCUT2D eigenvalue weighted by Gasteiger charge is -2.05. The van der Waals surface area contributed by atoms with Crippen molar-refractivity contribution in [3.05, 3.63) is 52.1 Å². The molecule has 0 aliphatic heterocycles. The maximum Gasteiger partial charge on any atom is 0.358 e. The predicted molar refractivity (Wildman–Crippen MR) is 71.0 cm³/mol. The fourth-order valence-electron chi connectivity index (χ4n) is 1.46. The zero-order valence-electron chi connectivity index (χ0n) is 9.48. The molecule has 0 amide bonds. The molecule has 1 aromatic carbocycles. The SMILES string of the molecule is COC(=O)c1nc(-c2ccc(Cl)cc2)ccc1Cl. The Kier molecular flexibility index (Phi) is 3.84. The molecule has 0 N–H and O–H groups in total. The molecule has 0 atom stereocenters. The van der Waals surface area contributed by atoms with Gasteiger partial charge in [-0.2, -0.15) is 0 Å². The van der Waals surface area contributed by atoms with E-state index in [2.05, 4.69) is 9.72 Å². The molecule has 0 fully saturated rings. The first kappa shape index (κ1) is 12.9. The summed E-state index contributed by atoms with van der Waals surface area (Å²) in [5, 5.41) is 0.903. The Morgan fingerprint density at radius 2 is 1.78 bits per heavy atom. The summed E-state index contributed by atoms with van der Waals surface area (Å²) in [6.45, 7) is 0. The van der Waals surface area contributed by atoms with Crippen molar-refractivity contribution in [2.24, 2.45) is 0 Å². The van der Waals surface area contributed by atoms with E-state index >= 15 is 0 Å². The number of nitrogens with zero attached hydrogens (tertiary/aromatic N) is 1. The minimum absolute atomic E-state index is 0.103. The van der Waals surface area contributed by atoms with Gasteiger partial charge in [-0.3, -0.25) is 0 Å². The van der Waals surface area contributed by atoms with Crippen LogP contribution in [0.1, 0.15) is 10.5 Å². The number of halogens is 2. The lowest BCUT2D eigenvalue weighted by Crippen LogP contribution is -2.05. The molecule has 1 aromatic heterocycles. The molecule has 5 heteroatoms.